The third-order valence-corrected chi connectivity index (χ3v) is 1.97. The van der Waals surface area contributed by atoms with E-state index in [1.165, 1.54) is 0 Å². The van der Waals surface area contributed by atoms with E-state index in [4.69, 9.17) is 5.11 Å². The van der Waals surface area contributed by atoms with Crippen LogP contribution in [0.25, 0.3) is 0 Å². The number of carbonyl (C=O) groups is 1. The molecule has 1 fully saturated rings. The second kappa shape index (κ2) is 3.06. The van der Waals surface area contributed by atoms with Gasteiger partial charge >= 0.3 is 5.97 Å². The fraction of sp³-hybridized carbons (Fsp3) is 0.833. The monoisotopic (exact) mass is 141 g/mol. The summed E-state index contributed by atoms with van der Waals surface area (Å²) in [5.41, 5.74) is 0. The second-order valence-corrected chi connectivity index (χ2v) is 2.94. The van der Waals surface area contributed by atoms with Crippen LogP contribution >= 0.6 is 0 Å². The molecule has 10 heavy (non-hydrogen) atoms. The SMILES string of the molecule is BN1CCC[C@@H](C(=O)O)C1. The molecule has 1 atom stereocenters. The van der Waals surface area contributed by atoms with Crippen molar-refractivity contribution in [1.82, 2.24) is 4.81 Å². The van der Waals surface area contributed by atoms with Crippen LogP contribution in [0.1, 0.15) is 12.8 Å². The number of hydrogen-bond acceptors (Lipinski definition) is 2. The van der Waals surface area contributed by atoms with E-state index < -0.39 is 5.97 Å². The zero-order valence-corrected chi connectivity index (χ0v) is 6.21. The van der Waals surface area contributed by atoms with Crippen molar-refractivity contribution < 1.29 is 9.90 Å². The molecule has 0 amide bonds. The Morgan fingerprint density at radius 3 is 2.80 bits per heavy atom. The first kappa shape index (κ1) is 7.60. The van der Waals surface area contributed by atoms with Crippen LogP contribution in [0.5, 0.6) is 0 Å². The Morgan fingerprint density at radius 1 is 1.70 bits per heavy atom. The summed E-state index contributed by atoms with van der Waals surface area (Å²) in [5, 5.41) is 8.63. The van der Waals surface area contributed by atoms with Crippen molar-refractivity contribution >= 4 is 14.0 Å². The molecule has 3 nitrogen and oxygen atoms in total. The van der Waals surface area contributed by atoms with Gasteiger partial charge in [-0.15, -0.1) is 0 Å². The van der Waals surface area contributed by atoms with E-state index in [1.807, 2.05) is 7.98 Å². The van der Waals surface area contributed by atoms with Crippen molar-refractivity contribution in [2.75, 3.05) is 13.1 Å². The molecular weight excluding hydrogens is 129 g/mol. The highest BCUT2D eigenvalue weighted by Crippen LogP contribution is 2.13. The number of piperidine rings is 1. The van der Waals surface area contributed by atoms with Crippen LogP contribution in [0.2, 0.25) is 0 Å². The Kier molecular flexibility index (Phi) is 2.32. The second-order valence-electron chi connectivity index (χ2n) is 2.94. The van der Waals surface area contributed by atoms with Crippen molar-refractivity contribution in [3.8, 4) is 0 Å². The maximum Gasteiger partial charge on any atom is 0.307 e. The van der Waals surface area contributed by atoms with Crippen molar-refractivity contribution in [2.45, 2.75) is 12.8 Å². The van der Waals surface area contributed by atoms with Gasteiger partial charge in [0.2, 0.25) is 0 Å². The highest BCUT2D eigenvalue weighted by molar-refractivity contribution is 6.04. The Hall–Kier alpha value is -0.505. The molecule has 0 aromatic carbocycles. The predicted molar refractivity (Wildman–Crippen MR) is 40.5 cm³/mol. The van der Waals surface area contributed by atoms with Gasteiger partial charge in [-0.2, -0.15) is 0 Å². The number of rotatable bonds is 1. The van der Waals surface area contributed by atoms with Gasteiger partial charge in [0.1, 0.15) is 0 Å². The zero-order chi connectivity index (χ0) is 7.56. The summed E-state index contributed by atoms with van der Waals surface area (Å²) in [7, 11) is 1.97. The maximum absolute atomic E-state index is 10.5. The highest BCUT2D eigenvalue weighted by Gasteiger charge is 2.22. The molecule has 56 valence electrons. The summed E-state index contributed by atoms with van der Waals surface area (Å²) >= 11 is 0. The van der Waals surface area contributed by atoms with Gasteiger partial charge in [-0.05, 0) is 19.4 Å². The fourth-order valence-electron chi connectivity index (χ4n) is 1.37. The Balaban J connectivity index is 2.39. The molecule has 0 radical (unpaired) electrons. The minimum Gasteiger partial charge on any atom is -0.481 e. The van der Waals surface area contributed by atoms with Crippen molar-refractivity contribution in [3.63, 3.8) is 0 Å². The molecule has 0 spiro atoms. The van der Waals surface area contributed by atoms with E-state index in [-0.39, 0.29) is 5.92 Å². The number of carboxylic acids is 1. The molecule has 1 heterocycles. The summed E-state index contributed by atoms with van der Waals surface area (Å²) in [4.78, 5) is 12.5. The molecule has 4 heteroatoms. The zero-order valence-electron chi connectivity index (χ0n) is 6.21. The molecule has 0 aromatic rings. The van der Waals surface area contributed by atoms with Crippen LogP contribution in [0.15, 0.2) is 0 Å². The molecule has 0 saturated carbocycles. The average Bonchev–Trinajstić information content (AvgIpc) is 1.88. The molecule has 1 rings (SSSR count). The lowest BCUT2D eigenvalue weighted by Crippen LogP contribution is -2.36. The number of carboxylic acid groups (broad SMARTS) is 1. The smallest absolute Gasteiger partial charge is 0.307 e. The average molecular weight is 141 g/mol. The molecule has 0 aromatic heterocycles. The standard InChI is InChI=1S/C6H12BNO2/c7-8-3-1-2-5(4-8)6(9)10/h5H,1-4,7H2,(H,9,10)/t5-/m1/s1. The lowest BCUT2D eigenvalue weighted by atomic mass is 9.96. The normalized spacial score (nSPS) is 28.2. The number of aliphatic carboxylic acids is 1. The molecule has 1 saturated heterocycles. The van der Waals surface area contributed by atoms with Gasteiger partial charge in [0.25, 0.3) is 0 Å². The van der Waals surface area contributed by atoms with E-state index in [1.54, 1.807) is 0 Å². The Bertz CT molecular complexity index is 140. The van der Waals surface area contributed by atoms with E-state index in [0.717, 1.165) is 25.9 Å². The van der Waals surface area contributed by atoms with E-state index >= 15 is 0 Å². The first-order valence-electron chi connectivity index (χ1n) is 3.61. The summed E-state index contributed by atoms with van der Waals surface area (Å²) in [6, 6.07) is 0. The van der Waals surface area contributed by atoms with Crippen LogP contribution in [0, 0.1) is 5.92 Å². The van der Waals surface area contributed by atoms with Gasteiger partial charge in [0, 0.05) is 6.54 Å². The van der Waals surface area contributed by atoms with Gasteiger partial charge in [0.05, 0.1) is 5.92 Å². The van der Waals surface area contributed by atoms with Crippen molar-refractivity contribution in [1.29, 1.82) is 0 Å². The first-order valence-corrected chi connectivity index (χ1v) is 3.61. The molecule has 1 N–H and O–H groups in total. The molecule has 1 aliphatic rings. The topological polar surface area (TPSA) is 40.5 Å². The largest absolute Gasteiger partial charge is 0.481 e. The van der Waals surface area contributed by atoms with Gasteiger partial charge in [-0.1, -0.05) is 0 Å². The summed E-state index contributed by atoms with van der Waals surface area (Å²) in [6.07, 6.45) is 1.87. The summed E-state index contributed by atoms with van der Waals surface area (Å²) < 4.78 is 0. The van der Waals surface area contributed by atoms with Crippen LogP contribution in [0.4, 0.5) is 0 Å². The van der Waals surface area contributed by atoms with Crippen molar-refractivity contribution in [3.05, 3.63) is 0 Å². The third-order valence-electron chi connectivity index (χ3n) is 1.97. The quantitative estimate of drug-likeness (QED) is 0.492. The van der Waals surface area contributed by atoms with Crippen molar-refractivity contribution in [2.24, 2.45) is 5.92 Å². The van der Waals surface area contributed by atoms with E-state index in [9.17, 15) is 4.79 Å². The highest BCUT2D eigenvalue weighted by atomic mass is 16.4. The first-order chi connectivity index (χ1) is 4.70. The van der Waals surface area contributed by atoms with Crippen LogP contribution in [-0.2, 0) is 4.79 Å². The predicted octanol–water partition coefficient (Wildman–Crippen LogP) is -0.669. The number of hydrogen-bond donors (Lipinski definition) is 1. The maximum atomic E-state index is 10.5. The summed E-state index contributed by atoms with van der Waals surface area (Å²) in [5.74, 6) is -0.773. The van der Waals surface area contributed by atoms with Crippen LogP contribution in [-0.4, -0.2) is 37.0 Å². The molecular formula is C6H12BNO2. The molecule has 0 aliphatic carbocycles. The van der Waals surface area contributed by atoms with Crippen LogP contribution < -0.4 is 0 Å². The minimum atomic E-state index is -0.647. The van der Waals surface area contributed by atoms with E-state index in [0.29, 0.717) is 0 Å². The number of nitrogens with zero attached hydrogens (tertiary/aromatic N) is 1. The molecule has 0 bridgehead atoms. The van der Waals surface area contributed by atoms with Gasteiger partial charge < -0.3 is 9.92 Å². The molecule has 1 aliphatic heterocycles. The van der Waals surface area contributed by atoms with Crippen LogP contribution in [0.3, 0.4) is 0 Å². The molecule has 0 unspecified atom stereocenters. The lowest BCUT2D eigenvalue weighted by Gasteiger charge is -2.27. The lowest BCUT2D eigenvalue weighted by molar-refractivity contribution is -0.142. The van der Waals surface area contributed by atoms with E-state index in [2.05, 4.69) is 4.81 Å². The summed E-state index contributed by atoms with van der Waals surface area (Å²) in [6.45, 7) is 1.76. The van der Waals surface area contributed by atoms with Gasteiger partial charge in [-0.3, -0.25) is 4.79 Å². The van der Waals surface area contributed by atoms with Gasteiger partial charge in [0.15, 0.2) is 7.98 Å². The Labute approximate surface area is 61.4 Å². The third kappa shape index (κ3) is 1.74. The van der Waals surface area contributed by atoms with Gasteiger partial charge in [-0.25, -0.2) is 0 Å². The Morgan fingerprint density at radius 2 is 2.40 bits per heavy atom. The minimum absolute atomic E-state index is 0.126. The fourth-order valence-corrected chi connectivity index (χ4v) is 1.37.